The number of hydrogen-bond acceptors (Lipinski definition) is 5. The fraction of sp³-hybridized carbons (Fsp3) is 0.450. The number of benzene rings is 1. The molecular formula is C20H30N4O2S. The summed E-state index contributed by atoms with van der Waals surface area (Å²) in [5.41, 5.74) is 1.06. The van der Waals surface area contributed by atoms with Gasteiger partial charge in [-0.1, -0.05) is 12.1 Å². The van der Waals surface area contributed by atoms with Crippen LogP contribution in [-0.2, 0) is 6.54 Å². The number of ether oxygens (including phenoxy) is 2. The molecule has 7 heteroatoms. The molecule has 2 aromatic rings. The molecule has 0 saturated carbocycles. The third kappa shape index (κ3) is 6.15. The summed E-state index contributed by atoms with van der Waals surface area (Å²) in [6.45, 7) is 4.21. The number of nitrogens with zero attached hydrogens (tertiary/aromatic N) is 2. The second-order valence-electron chi connectivity index (χ2n) is 6.26. The van der Waals surface area contributed by atoms with E-state index in [0.717, 1.165) is 30.4 Å². The number of hydrogen-bond donors (Lipinski definition) is 2. The zero-order valence-electron chi connectivity index (χ0n) is 16.8. The van der Waals surface area contributed by atoms with Crippen LogP contribution in [0.15, 0.2) is 40.7 Å². The van der Waals surface area contributed by atoms with Crippen molar-refractivity contribution in [3.05, 3.63) is 46.2 Å². The molecule has 1 unspecified atom stereocenters. The van der Waals surface area contributed by atoms with Crippen molar-refractivity contribution in [1.82, 2.24) is 15.5 Å². The number of rotatable bonds is 9. The highest BCUT2D eigenvalue weighted by atomic mass is 32.1. The first-order valence-corrected chi connectivity index (χ1v) is 9.89. The molecule has 0 amide bonds. The Morgan fingerprint density at radius 1 is 1.15 bits per heavy atom. The lowest BCUT2D eigenvalue weighted by molar-refractivity contribution is 0.302. The summed E-state index contributed by atoms with van der Waals surface area (Å²) in [5, 5.41) is 8.88. The van der Waals surface area contributed by atoms with Crippen LogP contribution < -0.4 is 20.1 Å². The van der Waals surface area contributed by atoms with E-state index in [-0.39, 0.29) is 0 Å². The van der Waals surface area contributed by atoms with Gasteiger partial charge in [0, 0.05) is 18.0 Å². The summed E-state index contributed by atoms with van der Waals surface area (Å²) < 4.78 is 10.7. The molecule has 1 heterocycles. The van der Waals surface area contributed by atoms with E-state index in [4.69, 9.17) is 14.5 Å². The largest absolute Gasteiger partial charge is 0.493 e. The number of likely N-dealkylation sites (N-methyl/N-ethyl adjacent to an activating group) is 1. The first-order chi connectivity index (χ1) is 13.1. The molecular weight excluding hydrogens is 360 g/mol. The van der Waals surface area contributed by atoms with Gasteiger partial charge >= 0.3 is 0 Å². The topological polar surface area (TPSA) is 58.1 Å². The molecule has 2 rings (SSSR count). The summed E-state index contributed by atoms with van der Waals surface area (Å²) in [6.07, 6.45) is 0. The molecule has 0 bridgehead atoms. The predicted octanol–water partition coefficient (Wildman–Crippen LogP) is 3.12. The summed E-state index contributed by atoms with van der Waals surface area (Å²) in [5.74, 6) is 2.24. The quantitative estimate of drug-likeness (QED) is 0.509. The normalized spacial score (nSPS) is 12.7. The average Bonchev–Trinajstić information content (AvgIpc) is 3.19. The molecule has 0 radical (unpaired) electrons. The number of guanidine groups is 1. The third-order valence-electron chi connectivity index (χ3n) is 4.17. The van der Waals surface area contributed by atoms with Crippen molar-refractivity contribution in [3.63, 3.8) is 0 Å². The van der Waals surface area contributed by atoms with E-state index in [1.807, 2.05) is 18.2 Å². The highest BCUT2D eigenvalue weighted by molar-refractivity contribution is 7.10. The number of thiophene rings is 1. The Bertz CT molecular complexity index is 717. The van der Waals surface area contributed by atoms with Gasteiger partial charge in [0.25, 0.3) is 0 Å². The lowest BCUT2D eigenvalue weighted by Gasteiger charge is -2.24. The average molecular weight is 391 g/mol. The van der Waals surface area contributed by atoms with Crippen molar-refractivity contribution in [1.29, 1.82) is 0 Å². The molecule has 2 N–H and O–H groups in total. The van der Waals surface area contributed by atoms with Crippen LogP contribution in [0, 0.1) is 0 Å². The maximum absolute atomic E-state index is 5.37. The van der Waals surface area contributed by atoms with Crippen molar-refractivity contribution < 1.29 is 9.47 Å². The van der Waals surface area contributed by atoms with E-state index in [1.54, 1.807) is 25.6 Å². The minimum Gasteiger partial charge on any atom is -0.493 e. The van der Waals surface area contributed by atoms with Crippen molar-refractivity contribution >= 4 is 17.3 Å². The fourth-order valence-corrected chi connectivity index (χ4v) is 3.63. The summed E-state index contributed by atoms with van der Waals surface area (Å²) >= 11 is 1.77. The van der Waals surface area contributed by atoms with Gasteiger partial charge < -0.3 is 25.0 Å². The van der Waals surface area contributed by atoms with Gasteiger partial charge in [0.2, 0.25) is 0 Å². The van der Waals surface area contributed by atoms with Gasteiger partial charge in [-0.3, -0.25) is 0 Å². The number of methoxy groups -OCH3 is 2. The van der Waals surface area contributed by atoms with Crippen LogP contribution >= 0.6 is 11.3 Å². The molecule has 1 aromatic heterocycles. The summed E-state index contributed by atoms with van der Waals surface area (Å²) in [4.78, 5) is 8.27. The van der Waals surface area contributed by atoms with Crippen LogP contribution in [0.2, 0.25) is 0 Å². The minimum absolute atomic E-state index is 0.301. The van der Waals surface area contributed by atoms with Crippen LogP contribution in [0.4, 0.5) is 0 Å². The fourth-order valence-electron chi connectivity index (χ4n) is 2.70. The van der Waals surface area contributed by atoms with Crippen LogP contribution in [0.25, 0.3) is 0 Å². The van der Waals surface area contributed by atoms with Crippen molar-refractivity contribution in [2.24, 2.45) is 4.99 Å². The Morgan fingerprint density at radius 3 is 2.52 bits per heavy atom. The van der Waals surface area contributed by atoms with Gasteiger partial charge in [0.1, 0.15) is 0 Å². The SMILES string of the molecule is CCNC(=NCc1ccc(OC)c(OC)c1)NCC(c1cccs1)N(C)C. The van der Waals surface area contributed by atoms with Gasteiger partial charge in [0.15, 0.2) is 17.5 Å². The Hall–Kier alpha value is -2.25. The second kappa shape index (κ2) is 10.8. The van der Waals surface area contributed by atoms with Gasteiger partial charge in [-0.05, 0) is 50.2 Å². The van der Waals surface area contributed by atoms with E-state index in [1.165, 1.54) is 4.88 Å². The second-order valence-corrected chi connectivity index (χ2v) is 7.24. The zero-order chi connectivity index (χ0) is 19.6. The predicted molar refractivity (Wildman–Crippen MR) is 113 cm³/mol. The molecule has 0 aliphatic rings. The van der Waals surface area contributed by atoms with Gasteiger partial charge in [-0.15, -0.1) is 11.3 Å². The van der Waals surface area contributed by atoms with Crippen LogP contribution in [0.1, 0.15) is 23.4 Å². The Kier molecular flexibility index (Phi) is 8.42. The summed E-state index contributed by atoms with van der Waals surface area (Å²) in [7, 11) is 7.47. The van der Waals surface area contributed by atoms with Crippen LogP contribution in [0.3, 0.4) is 0 Å². The maximum Gasteiger partial charge on any atom is 0.191 e. The lowest BCUT2D eigenvalue weighted by atomic mass is 10.2. The Morgan fingerprint density at radius 2 is 1.93 bits per heavy atom. The molecule has 6 nitrogen and oxygen atoms in total. The van der Waals surface area contributed by atoms with Gasteiger partial charge in [0.05, 0.1) is 26.8 Å². The zero-order valence-corrected chi connectivity index (χ0v) is 17.6. The Labute approximate surface area is 166 Å². The van der Waals surface area contributed by atoms with E-state index in [0.29, 0.717) is 18.3 Å². The first kappa shape index (κ1) is 21.1. The first-order valence-electron chi connectivity index (χ1n) is 9.02. The maximum atomic E-state index is 5.37. The van der Waals surface area contributed by atoms with Crippen LogP contribution in [-0.4, -0.2) is 52.3 Å². The van der Waals surface area contributed by atoms with E-state index >= 15 is 0 Å². The van der Waals surface area contributed by atoms with Crippen LogP contribution in [0.5, 0.6) is 11.5 Å². The lowest BCUT2D eigenvalue weighted by Crippen LogP contribution is -2.41. The standard InChI is InChI=1S/C20H30N4O2S/c1-6-21-20(23-14-16(24(2)3)19-8-7-11-27-19)22-13-15-9-10-17(25-4)18(12-15)26-5/h7-12,16H,6,13-14H2,1-5H3,(H2,21,22,23). The third-order valence-corrected chi connectivity index (χ3v) is 5.14. The molecule has 0 fully saturated rings. The molecule has 0 aliphatic carbocycles. The monoisotopic (exact) mass is 390 g/mol. The van der Waals surface area contributed by atoms with Gasteiger partial charge in [-0.25, -0.2) is 4.99 Å². The minimum atomic E-state index is 0.301. The van der Waals surface area contributed by atoms with E-state index in [2.05, 4.69) is 54.1 Å². The number of nitrogens with one attached hydrogen (secondary N) is 2. The van der Waals surface area contributed by atoms with Crippen molar-refractivity contribution in [3.8, 4) is 11.5 Å². The summed E-state index contributed by atoms with van der Waals surface area (Å²) in [6, 6.07) is 10.4. The molecule has 148 valence electrons. The molecule has 27 heavy (non-hydrogen) atoms. The van der Waals surface area contributed by atoms with E-state index in [9.17, 15) is 0 Å². The Balaban J connectivity index is 2.05. The molecule has 1 aromatic carbocycles. The molecule has 0 saturated heterocycles. The highest BCUT2D eigenvalue weighted by Gasteiger charge is 2.15. The van der Waals surface area contributed by atoms with E-state index < -0.39 is 0 Å². The smallest absolute Gasteiger partial charge is 0.191 e. The molecule has 0 spiro atoms. The molecule has 0 aliphatic heterocycles. The van der Waals surface area contributed by atoms with Gasteiger partial charge in [-0.2, -0.15) is 0 Å². The number of aliphatic imine (C=N–C) groups is 1. The van der Waals surface area contributed by atoms with Crippen molar-refractivity contribution in [2.45, 2.75) is 19.5 Å². The molecule has 1 atom stereocenters. The van der Waals surface area contributed by atoms with Crippen molar-refractivity contribution in [2.75, 3.05) is 41.4 Å². The highest BCUT2D eigenvalue weighted by Crippen LogP contribution is 2.27.